The van der Waals surface area contributed by atoms with Gasteiger partial charge in [0, 0.05) is 24.1 Å². The number of nitro benzene ring substituents is 1. The highest BCUT2D eigenvalue weighted by Crippen LogP contribution is 2.43. The van der Waals surface area contributed by atoms with Crippen LogP contribution in [0.2, 0.25) is 0 Å². The number of benzene rings is 3. The van der Waals surface area contributed by atoms with Crippen LogP contribution in [0.3, 0.4) is 0 Å². The van der Waals surface area contributed by atoms with E-state index < -0.39 is 0 Å². The molecule has 0 amide bonds. The van der Waals surface area contributed by atoms with Gasteiger partial charge in [-0.2, -0.15) is 0 Å². The minimum Gasteiger partial charge on any atom is -0.372 e. The van der Waals surface area contributed by atoms with Crippen molar-refractivity contribution in [3.8, 4) is 0 Å². The Balaban J connectivity index is 1.47. The largest absolute Gasteiger partial charge is 0.372 e. The number of non-ortho nitro benzene ring substituents is 1. The third-order valence-corrected chi connectivity index (χ3v) is 7.02. The van der Waals surface area contributed by atoms with E-state index in [1.165, 1.54) is 17.2 Å². The number of fused-ring (bicyclic) bond motifs is 3. The Hall–Kier alpha value is -3.02. The van der Waals surface area contributed by atoms with Crippen LogP contribution in [0.4, 0.5) is 5.69 Å². The van der Waals surface area contributed by atoms with E-state index >= 15 is 0 Å². The van der Waals surface area contributed by atoms with E-state index in [0.717, 1.165) is 31.5 Å². The molecule has 0 radical (unpaired) electrons. The van der Waals surface area contributed by atoms with Gasteiger partial charge in [-0.05, 0) is 48.5 Å². The summed E-state index contributed by atoms with van der Waals surface area (Å²) in [6, 6.07) is 28.5. The Kier molecular flexibility index (Phi) is 6.02. The highest BCUT2D eigenvalue weighted by molar-refractivity contribution is 5.36. The van der Waals surface area contributed by atoms with E-state index in [2.05, 4.69) is 65.6 Å². The van der Waals surface area contributed by atoms with Crippen molar-refractivity contribution in [1.29, 1.82) is 0 Å². The fourth-order valence-electron chi connectivity index (χ4n) is 5.53. The van der Waals surface area contributed by atoms with Crippen molar-refractivity contribution >= 4 is 5.69 Å². The van der Waals surface area contributed by atoms with Crippen LogP contribution >= 0.6 is 0 Å². The third-order valence-electron chi connectivity index (χ3n) is 7.02. The first-order valence-corrected chi connectivity index (χ1v) is 11.4. The van der Waals surface area contributed by atoms with Crippen molar-refractivity contribution < 1.29 is 9.66 Å². The molecular weight excluding hydrogens is 400 g/mol. The molecule has 6 rings (SSSR count). The Morgan fingerprint density at radius 3 is 2.12 bits per heavy atom. The van der Waals surface area contributed by atoms with Crippen LogP contribution < -0.4 is 0 Å². The van der Waals surface area contributed by atoms with Crippen LogP contribution in [-0.2, 0) is 11.3 Å². The van der Waals surface area contributed by atoms with Crippen molar-refractivity contribution in [2.45, 2.75) is 37.5 Å². The number of rotatable bonds is 7. The zero-order chi connectivity index (χ0) is 21.9. The summed E-state index contributed by atoms with van der Waals surface area (Å²) < 4.78 is 6.61. The monoisotopic (exact) mass is 428 g/mol. The van der Waals surface area contributed by atoms with Crippen LogP contribution in [-0.4, -0.2) is 35.1 Å². The second kappa shape index (κ2) is 9.23. The molecule has 3 fully saturated rings. The van der Waals surface area contributed by atoms with Gasteiger partial charge in [0.25, 0.3) is 5.69 Å². The Labute approximate surface area is 188 Å². The van der Waals surface area contributed by atoms with Crippen molar-refractivity contribution in [3.63, 3.8) is 0 Å². The number of hydrogen-bond acceptors (Lipinski definition) is 4. The number of piperidine rings is 3. The molecule has 2 atom stereocenters. The minimum atomic E-state index is -0.346. The van der Waals surface area contributed by atoms with E-state index in [1.54, 1.807) is 12.1 Å². The molecule has 3 saturated heterocycles. The second-order valence-corrected chi connectivity index (χ2v) is 8.87. The molecule has 5 nitrogen and oxygen atoms in total. The molecule has 3 aliphatic heterocycles. The van der Waals surface area contributed by atoms with Gasteiger partial charge in [-0.1, -0.05) is 72.8 Å². The Bertz CT molecular complexity index is 1010. The first-order valence-electron chi connectivity index (χ1n) is 11.4. The summed E-state index contributed by atoms with van der Waals surface area (Å²) >= 11 is 0. The summed E-state index contributed by atoms with van der Waals surface area (Å²) in [5, 5.41) is 11.2. The fraction of sp³-hybridized carbons (Fsp3) is 0.333. The molecule has 32 heavy (non-hydrogen) atoms. The van der Waals surface area contributed by atoms with Gasteiger partial charge in [0.05, 0.1) is 17.6 Å². The summed E-state index contributed by atoms with van der Waals surface area (Å²) in [5.74, 6) is 0.731. The first-order chi connectivity index (χ1) is 15.7. The minimum absolute atomic E-state index is 0.0853. The summed E-state index contributed by atoms with van der Waals surface area (Å²) in [6.07, 6.45) is 2.38. The summed E-state index contributed by atoms with van der Waals surface area (Å²) in [6.45, 7) is 2.59. The maximum absolute atomic E-state index is 11.2. The number of nitro groups is 1. The summed E-state index contributed by atoms with van der Waals surface area (Å²) in [4.78, 5) is 13.4. The highest BCUT2D eigenvalue weighted by atomic mass is 16.6. The van der Waals surface area contributed by atoms with Gasteiger partial charge in [-0.3, -0.25) is 15.0 Å². The van der Waals surface area contributed by atoms with Crippen LogP contribution in [0.15, 0.2) is 84.9 Å². The zero-order valence-electron chi connectivity index (χ0n) is 18.0. The van der Waals surface area contributed by atoms with Gasteiger partial charge >= 0.3 is 0 Å². The van der Waals surface area contributed by atoms with Crippen molar-refractivity contribution in [3.05, 3.63) is 112 Å². The number of hydrogen-bond donors (Lipinski definition) is 0. The van der Waals surface area contributed by atoms with Gasteiger partial charge in [-0.15, -0.1) is 0 Å². The maximum atomic E-state index is 11.2. The molecule has 0 N–H and O–H groups in total. The molecule has 164 valence electrons. The molecule has 3 aliphatic rings. The predicted octanol–water partition coefficient (Wildman–Crippen LogP) is 5.41. The van der Waals surface area contributed by atoms with Crippen molar-refractivity contribution in [2.24, 2.45) is 5.92 Å². The van der Waals surface area contributed by atoms with Crippen LogP contribution in [0.5, 0.6) is 0 Å². The second-order valence-electron chi connectivity index (χ2n) is 8.87. The maximum Gasteiger partial charge on any atom is 0.269 e. The van der Waals surface area contributed by atoms with Crippen LogP contribution in [0.1, 0.15) is 35.4 Å². The topological polar surface area (TPSA) is 55.6 Å². The lowest BCUT2D eigenvalue weighted by atomic mass is 9.72. The number of ether oxygens (including phenoxy) is 1. The Morgan fingerprint density at radius 1 is 0.906 bits per heavy atom. The third kappa shape index (κ3) is 4.18. The highest BCUT2D eigenvalue weighted by Gasteiger charge is 2.47. The van der Waals surface area contributed by atoms with Crippen molar-refractivity contribution in [2.75, 3.05) is 13.1 Å². The molecule has 0 spiro atoms. The predicted molar refractivity (Wildman–Crippen MR) is 124 cm³/mol. The average Bonchev–Trinajstić information content (AvgIpc) is 2.85. The molecule has 3 heterocycles. The van der Waals surface area contributed by atoms with Gasteiger partial charge in [0.2, 0.25) is 0 Å². The normalized spacial score (nSPS) is 24.5. The van der Waals surface area contributed by atoms with E-state index in [-0.39, 0.29) is 28.7 Å². The molecule has 3 aromatic rings. The van der Waals surface area contributed by atoms with Crippen LogP contribution in [0.25, 0.3) is 0 Å². The van der Waals surface area contributed by atoms with Gasteiger partial charge < -0.3 is 4.74 Å². The van der Waals surface area contributed by atoms with E-state index in [0.29, 0.717) is 12.5 Å². The molecule has 0 saturated carbocycles. The standard InChI is InChI=1S/C27H28N2O3/c30-29(31)24-13-7-8-20(18-24)19-32-27-23-14-16-28(17-15-23)26(27)25(21-9-3-1-4-10-21)22-11-5-2-6-12-22/h1-13,18,23,25-27H,14-17,19H2/t26-,27-/m1/s1. The lowest BCUT2D eigenvalue weighted by molar-refractivity contribution is -0.385. The fourth-order valence-corrected chi connectivity index (χ4v) is 5.53. The SMILES string of the molecule is O=[N+]([O-])c1cccc(CO[C@@H]2C3CCN(CC3)[C@@H]2C(c2ccccc2)c2ccccc2)c1. The lowest BCUT2D eigenvalue weighted by Crippen LogP contribution is -2.60. The van der Waals surface area contributed by atoms with E-state index in [1.807, 2.05) is 6.07 Å². The van der Waals surface area contributed by atoms with Crippen molar-refractivity contribution in [1.82, 2.24) is 4.90 Å². The smallest absolute Gasteiger partial charge is 0.269 e. The molecular formula is C27H28N2O3. The number of nitrogens with zero attached hydrogens (tertiary/aromatic N) is 2. The van der Waals surface area contributed by atoms with E-state index in [4.69, 9.17) is 4.74 Å². The van der Waals surface area contributed by atoms with Gasteiger partial charge in [0.1, 0.15) is 0 Å². The van der Waals surface area contributed by atoms with E-state index in [9.17, 15) is 10.1 Å². The quantitative estimate of drug-likeness (QED) is 0.373. The molecule has 0 aliphatic carbocycles. The molecule has 2 bridgehead atoms. The summed E-state index contributed by atoms with van der Waals surface area (Å²) in [5.41, 5.74) is 3.58. The molecule has 0 unspecified atom stereocenters. The molecule has 5 heteroatoms. The average molecular weight is 429 g/mol. The molecule has 3 aromatic carbocycles. The lowest BCUT2D eigenvalue weighted by Gasteiger charge is -2.53. The van der Waals surface area contributed by atoms with Gasteiger partial charge in [-0.25, -0.2) is 0 Å². The first kappa shape index (κ1) is 20.9. The van der Waals surface area contributed by atoms with Crippen LogP contribution in [0, 0.1) is 16.0 Å². The summed E-state index contributed by atoms with van der Waals surface area (Å²) in [7, 11) is 0. The zero-order valence-corrected chi connectivity index (χ0v) is 18.0. The Morgan fingerprint density at radius 2 is 1.53 bits per heavy atom. The molecule has 0 aromatic heterocycles. The van der Waals surface area contributed by atoms with Gasteiger partial charge in [0.15, 0.2) is 0 Å².